The van der Waals surface area contributed by atoms with Gasteiger partial charge in [-0.3, -0.25) is 9.59 Å². The Morgan fingerprint density at radius 1 is 0.783 bits per heavy atom. The number of rotatable bonds is 11. The third-order valence-corrected chi connectivity index (χ3v) is 7.94. The molecule has 1 amide bonds. The van der Waals surface area contributed by atoms with Gasteiger partial charge < -0.3 is 20.5 Å². The second-order valence-corrected chi connectivity index (χ2v) is 12.6. The molecule has 1 atom stereocenters. The number of carboxylic acid groups (broad SMARTS) is 1. The van der Waals surface area contributed by atoms with E-state index in [4.69, 9.17) is 16.3 Å². The minimum atomic E-state index is -1.02. The van der Waals surface area contributed by atoms with E-state index in [9.17, 15) is 14.7 Å². The first-order valence-electron chi connectivity index (χ1n) is 15.1. The number of carboxylic acids is 1. The second kappa shape index (κ2) is 14.4. The van der Waals surface area contributed by atoms with Gasteiger partial charge in [0.15, 0.2) is 0 Å². The predicted octanol–water partition coefficient (Wildman–Crippen LogP) is 9.65. The number of benzene rings is 5. The Labute approximate surface area is 275 Å². The zero-order valence-electron chi connectivity index (χ0n) is 26.1. The minimum Gasteiger partial charge on any atom is -0.481 e. The van der Waals surface area contributed by atoms with Crippen LogP contribution in [0.15, 0.2) is 121 Å². The Bertz CT molecular complexity index is 1780. The van der Waals surface area contributed by atoms with E-state index in [0.717, 1.165) is 16.7 Å². The third kappa shape index (κ3) is 8.55. The van der Waals surface area contributed by atoms with E-state index in [0.29, 0.717) is 39.9 Å². The molecule has 5 aromatic rings. The Morgan fingerprint density at radius 2 is 1.41 bits per heavy atom. The normalized spacial score (nSPS) is 11.8. The van der Waals surface area contributed by atoms with Crippen molar-refractivity contribution in [1.29, 1.82) is 0 Å². The highest BCUT2D eigenvalue weighted by Gasteiger charge is 2.22. The third-order valence-electron chi connectivity index (χ3n) is 7.69. The molecule has 0 aromatic heterocycles. The SMILES string of the molecule is CC(C)(C)c1ccc(CNc2ccc(Oc3ccc(Cl)cc3)cc2C(=O)NC(CC(=O)O)c2ccc(-c3ccccc3)cc2)cc1. The molecule has 0 saturated carbocycles. The van der Waals surface area contributed by atoms with E-state index >= 15 is 0 Å². The number of hydrogen-bond acceptors (Lipinski definition) is 4. The van der Waals surface area contributed by atoms with Gasteiger partial charge in [-0.15, -0.1) is 0 Å². The average Bonchev–Trinajstić information content (AvgIpc) is 3.05. The van der Waals surface area contributed by atoms with Gasteiger partial charge in [-0.1, -0.05) is 111 Å². The molecule has 0 radical (unpaired) electrons. The lowest BCUT2D eigenvalue weighted by atomic mass is 9.87. The standard InChI is InChI=1S/C39H37ClN2O4/c1-39(2,3)30-15-9-26(10-16-30)25-41-35-22-21-33(46-32-19-17-31(40)18-20-32)23-34(35)38(45)42-36(24-37(43)44)29-13-11-28(12-14-29)27-7-5-4-6-8-27/h4-23,36,41H,24-25H2,1-3H3,(H,42,45)(H,43,44). The Balaban J connectivity index is 1.41. The molecule has 0 aliphatic heterocycles. The first-order valence-corrected chi connectivity index (χ1v) is 15.5. The van der Waals surface area contributed by atoms with Crippen LogP contribution in [0, 0.1) is 0 Å². The molecule has 1 unspecified atom stereocenters. The smallest absolute Gasteiger partial charge is 0.305 e. The van der Waals surface area contributed by atoms with Crippen molar-refractivity contribution in [1.82, 2.24) is 5.32 Å². The number of carbonyl (C=O) groups excluding carboxylic acids is 1. The molecule has 7 heteroatoms. The van der Waals surface area contributed by atoms with Gasteiger partial charge in [-0.05, 0) is 75.7 Å². The summed E-state index contributed by atoms with van der Waals surface area (Å²) < 4.78 is 6.04. The summed E-state index contributed by atoms with van der Waals surface area (Å²) in [6, 6.07) is 37.3. The molecule has 0 bridgehead atoms. The van der Waals surface area contributed by atoms with Crippen LogP contribution in [0.1, 0.15) is 60.3 Å². The summed E-state index contributed by atoms with van der Waals surface area (Å²) >= 11 is 6.03. The minimum absolute atomic E-state index is 0.0471. The maximum Gasteiger partial charge on any atom is 0.305 e. The lowest BCUT2D eigenvalue weighted by Gasteiger charge is -2.21. The van der Waals surface area contributed by atoms with E-state index in [1.54, 1.807) is 42.5 Å². The molecular formula is C39H37ClN2O4. The van der Waals surface area contributed by atoms with Crippen molar-refractivity contribution in [2.24, 2.45) is 0 Å². The van der Waals surface area contributed by atoms with Crippen LogP contribution in [0.5, 0.6) is 11.5 Å². The molecule has 5 aromatic carbocycles. The van der Waals surface area contributed by atoms with E-state index < -0.39 is 17.9 Å². The van der Waals surface area contributed by atoms with Crippen molar-refractivity contribution < 1.29 is 19.4 Å². The van der Waals surface area contributed by atoms with Gasteiger partial charge in [-0.2, -0.15) is 0 Å². The van der Waals surface area contributed by atoms with Crippen LogP contribution in [0.2, 0.25) is 5.02 Å². The summed E-state index contributed by atoms with van der Waals surface area (Å²) in [5.41, 5.74) is 6.00. The molecule has 6 nitrogen and oxygen atoms in total. The van der Waals surface area contributed by atoms with Crippen LogP contribution in [0.3, 0.4) is 0 Å². The molecule has 0 fully saturated rings. The van der Waals surface area contributed by atoms with Crippen LogP contribution in [-0.4, -0.2) is 17.0 Å². The Kier molecular flexibility index (Phi) is 10.1. The lowest BCUT2D eigenvalue weighted by Crippen LogP contribution is -2.30. The molecule has 0 aliphatic rings. The first kappa shape index (κ1) is 32.3. The maximum absolute atomic E-state index is 13.9. The topological polar surface area (TPSA) is 87.7 Å². The maximum atomic E-state index is 13.9. The molecule has 0 heterocycles. The van der Waals surface area contributed by atoms with Crippen LogP contribution in [0.4, 0.5) is 5.69 Å². The number of aliphatic carboxylic acids is 1. The highest BCUT2D eigenvalue weighted by Crippen LogP contribution is 2.30. The number of nitrogens with one attached hydrogen (secondary N) is 2. The summed E-state index contributed by atoms with van der Waals surface area (Å²) in [6.07, 6.45) is -0.278. The second-order valence-electron chi connectivity index (χ2n) is 12.2. The van der Waals surface area contributed by atoms with Crippen LogP contribution in [-0.2, 0) is 16.8 Å². The fourth-order valence-corrected chi connectivity index (χ4v) is 5.21. The van der Waals surface area contributed by atoms with Crippen LogP contribution < -0.4 is 15.4 Å². The molecule has 5 rings (SSSR count). The van der Waals surface area contributed by atoms with Gasteiger partial charge in [0.1, 0.15) is 11.5 Å². The van der Waals surface area contributed by atoms with Gasteiger partial charge in [0.25, 0.3) is 5.91 Å². The quantitative estimate of drug-likeness (QED) is 0.135. The predicted molar refractivity (Wildman–Crippen MR) is 185 cm³/mol. The molecule has 46 heavy (non-hydrogen) atoms. The van der Waals surface area contributed by atoms with E-state index in [1.807, 2.05) is 54.6 Å². The number of amides is 1. The van der Waals surface area contributed by atoms with Gasteiger partial charge >= 0.3 is 5.97 Å². The Morgan fingerprint density at radius 3 is 2.04 bits per heavy atom. The summed E-state index contributed by atoms with van der Waals surface area (Å²) in [5, 5.41) is 16.7. The van der Waals surface area contributed by atoms with Gasteiger partial charge in [0.05, 0.1) is 18.0 Å². The number of ether oxygens (including phenoxy) is 1. The zero-order chi connectivity index (χ0) is 32.7. The molecule has 234 valence electrons. The van der Waals surface area contributed by atoms with Crippen molar-refractivity contribution in [3.8, 4) is 22.6 Å². The molecular weight excluding hydrogens is 596 g/mol. The summed E-state index contributed by atoms with van der Waals surface area (Å²) in [7, 11) is 0. The zero-order valence-corrected chi connectivity index (χ0v) is 26.8. The summed E-state index contributed by atoms with van der Waals surface area (Å²) in [6.45, 7) is 7.01. The molecule has 3 N–H and O–H groups in total. The molecule has 0 aliphatic carbocycles. The molecule has 0 spiro atoms. The van der Waals surface area contributed by atoms with Crippen LogP contribution in [0.25, 0.3) is 11.1 Å². The Hall–Kier alpha value is -5.07. The highest BCUT2D eigenvalue weighted by molar-refractivity contribution is 6.30. The van der Waals surface area contributed by atoms with Crippen molar-refractivity contribution in [2.75, 3.05) is 5.32 Å². The van der Waals surface area contributed by atoms with Crippen molar-refractivity contribution in [3.63, 3.8) is 0 Å². The van der Waals surface area contributed by atoms with Gasteiger partial charge in [0, 0.05) is 17.3 Å². The van der Waals surface area contributed by atoms with E-state index in [-0.39, 0.29) is 11.8 Å². The van der Waals surface area contributed by atoms with Crippen LogP contribution >= 0.6 is 11.6 Å². The number of hydrogen-bond donors (Lipinski definition) is 3. The average molecular weight is 633 g/mol. The van der Waals surface area contributed by atoms with Crippen molar-refractivity contribution in [3.05, 3.63) is 149 Å². The van der Waals surface area contributed by atoms with Crippen molar-refractivity contribution >= 4 is 29.2 Å². The highest BCUT2D eigenvalue weighted by atomic mass is 35.5. The van der Waals surface area contributed by atoms with Crippen molar-refractivity contribution in [2.45, 2.75) is 45.2 Å². The summed E-state index contributed by atoms with van der Waals surface area (Å²) in [5.74, 6) is -0.424. The fraction of sp³-hybridized carbons (Fsp3) is 0.179. The number of carbonyl (C=O) groups is 2. The van der Waals surface area contributed by atoms with Gasteiger partial charge in [-0.25, -0.2) is 0 Å². The first-order chi connectivity index (χ1) is 22.0. The largest absolute Gasteiger partial charge is 0.481 e. The number of anilines is 1. The lowest BCUT2D eigenvalue weighted by molar-refractivity contribution is -0.137. The number of halogens is 1. The molecule has 0 saturated heterocycles. The monoisotopic (exact) mass is 632 g/mol. The van der Waals surface area contributed by atoms with E-state index in [1.165, 1.54) is 5.56 Å². The summed E-state index contributed by atoms with van der Waals surface area (Å²) in [4.78, 5) is 25.8. The fourth-order valence-electron chi connectivity index (χ4n) is 5.09. The van der Waals surface area contributed by atoms with Gasteiger partial charge in [0.2, 0.25) is 0 Å². The van der Waals surface area contributed by atoms with E-state index in [2.05, 4.69) is 55.7 Å².